The molecule has 0 saturated carbocycles. The Labute approximate surface area is 145 Å². The summed E-state index contributed by atoms with van der Waals surface area (Å²) in [6, 6.07) is 10.1. The molecule has 130 valence electrons. The zero-order chi connectivity index (χ0) is 17.2. The van der Waals surface area contributed by atoms with Crippen molar-refractivity contribution in [3.05, 3.63) is 46.6 Å². The van der Waals surface area contributed by atoms with Gasteiger partial charge < -0.3 is 14.3 Å². The summed E-state index contributed by atoms with van der Waals surface area (Å²) in [5.74, 6) is 0.627. The predicted octanol–water partition coefficient (Wildman–Crippen LogP) is 3.52. The molecule has 0 amide bonds. The smallest absolute Gasteiger partial charge is 0.204 e. The van der Waals surface area contributed by atoms with Crippen LogP contribution in [0.5, 0.6) is 11.5 Å². The van der Waals surface area contributed by atoms with Gasteiger partial charge in [-0.3, -0.25) is 9.69 Å². The van der Waals surface area contributed by atoms with Crippen LogP contribution in [0, 0.1) is 0 Å². The summed E-state index contributed by atoms with van der Waals surface area (Å²) in [5, 5.41) is 10.6. The minimum atomic E-state index is -0.228. The number of hydrogen-bond donors (Lipinski definition) is 1. The number of phenols is 1. The van der Waals surface area contributed by atoms with Crippen LogP contribution in [-0.2, 0) is 0 Å². The molecule has 1 saturated heterocycles. The second-order valence-corrected chi connectivity index (χ2v) is 6.49. The Morgan fingerprint density at radius 3 is 2.76 bits per heavy atom. The van der Waals surface area contributed by atoms with Crippen LogP contribution in [0.15, 0.2) is 45.6 Å². The van der Waals surface area contributed by atoms with Gasteiger partial charge in [0.15, 0.2) is 0 Å². The third-order valence-corrected chi connectivity index (χ3v) is 4.77. The van der Waals surface area contributed by atoms with Crippen molar-refractivity contribution in [3.8, 4) is 11.5 Å². The zero-order valence-corrected chi connectivity index (χ0v) is 14.0. The fourth-order valence-corrected chi connectivity index (χ4v) is 3.43. The van der Waals surface area contributed by atoms with Crippen LogP contribution in [0.2, 0.25) is 0 Å². The maximum Gasteiger partial charge on any atom is 0.204 e. The van der Waals surface area contributed by atoms with Crippen LogP contribution in [-0.4, -0.2) is 36.2 Å². The van der Waals surface area contributed by atoms with Gasteiger partial charge in [0.1, 0.15) is 34.7 Å². The first-order valence-corrected chi connectivity index (χ1v) is 8.76. The van der Waals surface area contributed by atoms with Gasteiger partial charge in [-0.05, 0) is 50.2 Å². The number of ether oxygens (including phenoxy) is 1. The van der Waals surface area contributed by atoms with Crippen molar-refractivity contribution in [3.63, 3.8) is 0 Å². The number of aromatic hydroxyl groups is 1. The Morgan fingerprint density at radius 2 is 1.92 bits per heavy atom. The average molecular weight is 339 g/mol. The second-order valence-electron chi connectivity index (χ2n) is 6.49. The van der Waals surface area contributed by atoms with Gasteiger partial charge in [-0.15, -0.1) is 0 Å². The second kappa shape index (κ2) is 6.76. The van der Waals surface area contributed by atoms with Crippen LogP contribution >= 0.6 is 0 Å². The van der Waals surface area contributed by atoms with E-state index in [4.69, 9.17) is 9.15 Å². The molecule has 1 aromatic heterocycles. The Hall–Kier alpha value is -2.53. The van der Waals surface area contributed by atoms with Crippen molar-refractivity contribution < 1.29 is 14.3 Å². The van der Waals surface area contributed by atoms with Gasteiger partial charge in [0.25, 0.3) is 0 Å². The number of piperidine rings is 1. The molecule has 25 heavy (non-hydrogen) atoms. The Balaban J connectivity index is 1.57. The van der Waals surface area contributed by atoms with E-state index in [9.17, 15) is 9.90 Å². The Morgan fingerprint density at radius 1 is 1.08 bits per heavy atom. The molecule has 0 aliphatic carbocycles. The van der Waals surface area contributed by atoms with Crippen molar-refractivity contribution in [2.75, 3.05) is 26.2 Å². The minimum absolute atomic E-state index is 0.0602. The Kier molecular flexibility index (Phi) is 4.32. The SMILES string of the molecule is O=c1c2ccc(OCCN3CCCCC3)cc2oc2cccc(O)c12. The fraction of sp³-hybridized carbons (Fsp3) is 0.350. The summed E-state index contributed by atoms with van der Waals surface area (Å²) < 4.78 is 11.6. The van der Waals surface area contributed by atoms with E-state index in [-0.39, 0.29) is 16.6 Å². The topological polar surface area (TPSA) is 62.9 Å². The molecule has 1 aliphatic rings. The van der Waals surface area contributed by atoms with E-state index in [0.29, 0.717) is 28.9 Å². The van der Waals surface area contributed by atoms with Gasteiger partial charge in [-0.2, -0.15) is 0 Å². The van der Waals surface area contributed by atoms with E-state index in [0.717, 1.165) is 19.6 Å². The molecule has 5 nitrogen and oxygen atoms in total. The highest BCUT2D eigenvalue weighted by molar-refractivity contribution is 5.93. The van der Waals surface area contributed by atoms with Gasteiger partial charge >= 0.3 is 0 Å². The molecule has 4 rings (SSSR count). The summed E-state index contributed by atoms with van der Waals surface area (Å²) in [6.07, 6.45) is 3.85. The average Bonchev–Trinajstić information content (AvgIpc) is 2.62. The maximum absolute atomic E-state index is 12.6. The number of nitrogens with zero attached hydrogens (tertiary/aromatic N) is 1. The number of rotatable bonds is 4. The van der Waals surface area contributed by atoms with Crippen LogP contribution in [0.3, 0.4) is 0 Å². The van der Waals surface area contributed by atoms with Crippen LogP contribution < -0.4 is 10.2 Å². The van der Waals surface area contributed by atoms with E-state index >= 15 is 0 Å². The van der Waals surface area contributed by atoms with E-state index in [1.165, 1.54) is 25.3 Å². The first-order chi connectivity index (χ1) is 12.2. The molecule has 0 bridgehead atoms. The normalized spacial score (nSPS) is 15.7. The van der Waals surface area contributed by atoms with Gasteiger partial charge in [-0.25, -0.2) is 0 Å². The zero-order valence-electron chi connectivity index (χ0n) is 14.0. The lowest BCUT2D eigenvalue weighted by Crippen LogP contribution is -2.33. The Bertz CT molecular complexity index is 957. The summed E-state index contributed by atoms with van der Waals surface area (Å²) in [5.41, 5.74) is 0.621. The molecule has 0 spiro atoms. The van der Waals surface area contributed by atoms with Crippen LogP contribution in [0.4, 0.5) is 0 Å². The van der Waals surface area contributed by atoms with Crippen molar-refractivity contribution in [1.29, 1.82) is 0 Å². The number of phenolic OH excluding ortho intramolecular Hbond substituents is 1. The fourth-order valence-electron chi connectivity index (χ4n) is 3.43. The summed E-state index contributed by atoms with van der Waals surface area (Å²) in [4.78, 5) is 15.0. The molecule has 0 radical (unpaired) electrons. The molecule has 1 fully saturated rings. The maximum atomic E-state index is 12.6. The quantitative estimate of drug-likeness (QED) is 0.737. The molecule has 2 aromatic carbocycles. The molecule has 2 heterocycles. The molecule has 1 N–H and O–H groups in total. The van der Waals surface area contributed by atoms with Gasteiger partial charge in [0.05, 0.1) is 5.39 Å². The minimum Gasteiger partial charge on any atom is -0.507 e. The number of likely N-dealkylation sites (tertiary alicyclic amines) is 1. The molecule has 5 heteroatoms. The number of hydrogen-bond acceptors (Lipinski definition) is 5. The predicted molar refractivity (Wildman–Crippen MR) is 97.4 cm³/mol. The van der Waals surface area contributed by atoms with Gasteiger partial charge in [-0.1, -0.05) is 12.5 Å². The van der Waals surface area contributed by atoms with Crippen LogP contribution in [0.1, 0.15) is 19.3 Å². The van der Waals surface area contributed by atoms with E-state index in [2.05, 4.69) is 4.90 Å². The highest BCUT2D eigenvalue weighted by Gasteiger charge is 2.12. The summed E-state index contributed by atoms with van der Waals surface area (Å²) in [7, 11) is 0. The largest absolute Gasteiger partial charge is 0.507 e. The molecular weight excluding hydrogens is 318 g/mol. The summed E-state index contributed by atoms with van der Waals surface area (Å²) in [6.45, 7) is 3.81. The molecule has 0 atom stereocenters. The van der Waals surface area contributed by atoms with Crippen molar-refractivity contribution in [1.82, 2.24) is 4.90 Å². The van der Waals surface area contributed by atoms with Crippen LogP contribution in [0.25, 0.3) is 21.9 Å². The lowest BCUT2D eigenvalue weighted by Gasteiger charge is -2.26. The van der Waals surface area contributed by atoms with Crippen molar-refractivity contribution in [2.45, 2.75) is 19.3 Å². The van der Waals surface area contributed by atoms with Crippen molar-refractivity contribution >= 4 is 21.9 Å². The third kappa shape index (κ3) is 3.20. The molecule has 3 aromatic rings. The van der Waals surface area contributed by atoms with E-state index in [1.807, 2.05) is 0 Å². The lowest BCUT2D eigenvalue weighted by molar-refractivity contribution is 0.183. The third-order valence-electron chi connectivity index (χ3n) is 4.77. The highest BCUT2D eigenvalue weighted by Crippen LogP contribution is 2.27. The first-order valence-electron chi connectivity index (χ1n) is 8.76. The van der Waals surface area contributed by atoms with Gasteiger partial charge in [0.2, 0.25) is 5.43 Å². The number of benzene rings is 2. The van der Waals surface area contributed by atoms with E-state index in [1.54, 1.807) is 30.3 Å². The number of fused-ring (bicyclic) bond motifs is 2. The lowest BCUT2D eigenvalue weighted by atomic mass is 10.1. The summed E-state index contributed by atoms with van der Waals surface area (Å²) >= 11 is 0. The molecule has 1 aliphatic heterocycles. The van der Waals surface area contributed by atoms with E-state index < -0.39 is 0 Å². The monoisotopic (exact) mass is 339 g/mol. The highest BCUT2D eigenvalue weighted by atomic mass is 16.5. The van der Waals surface area contributed by atoms with Gasteiger partial charge in [0, 0.05) is 12.6 Å². The molecule has 0 unspecified atom stereocenters. The van der Waals surface area contributed by atoms with Crippen molar-refractivity contribution in [2.24, 2.45) is 0 Å². The molecular formula is C20H21NO4. The standard InChI is InChI=1S/C20H21NO4/c22-16-5-4-6-17-19(16)20(23)15-8-7-14(13-18(15)25-17)24-12-11-21-9-2-1-3-10-21/h4-8,13,22H,1-3,9-12H2. The first kappa shape index (κ1) is 16.0.